The maximum atomic E-state index is 12.0. The highest BCUT2D eigenvalue weighted by molar-refractivity contribution is 7.87. The van der Waals surface area contributed by atoms with Crippen LogP contribution in [0.3, 0.4) is 0 Å². The molecule has 0 aromatic heterocycles. The van der Waals surface area contributed by atoms with E-state index in [0.29, 0.717) is 0 Å². The van der Waals surface area contributed by atoms with Crippen LogP contribution in [-0.2, 0) is 14.0 Å². The number of rotatable bonds is 4. The van der Waals surface area contributed by atoms with Gasteiger partial charge >= 0.3 is 0 Å². The second-order valence-corrected chi connectivity index (χ2v) is 17.8. The predicted molar refractivity (Wildman–Crippen MR) is 81.0 cm³/mol. The summed E-state index contributed by atoms with van der Waals surface area (Å²) in [6, 6.07) is 7.13. The molecule has 0 fully saturated rings. The Hall–Kier alpha value is -0.436. The lowest BCUT2D eigenvalue weighted by atomic mass is 10.4. The minimum Gasteiger partial charge on any atom is -0.312 e. The molecule has 18 heavy (non-hydrogen) atoms. The van der Waals surface area contributed by atoms with Gasteiger partial charge in [0.15, 0.2) is 0 Å². The molecule has 0 amide bonds. The van der Waals surface area contributed by atoms with E-state index in [2.05, 4.69) is 19.6 Å². The van der Waals surface area contributed by atoms with Gasteiger partial charge in [0, 0.05) is 0 Å². The summed E-state index contributed by atoms with van der Waals surface area (Å²) in [5.74, 6) is 0. The lowest BCUT2D eigenvalue weighted by Crippen LogP contribution is -2.37. The van der Waals surface area contributed by atoms with Crippen molar-refractivity contribution in [2.75, 3.05) is 0 Å². The molecule has 0 aliphatic heterocycles. The zero-order valence-electron chi connectivity index (χ0n) is 11.9. The van der Waals surface area contributed by atoms with E-state index in [4.69, 9.17) is 3.87 Å². The third-order valence-corrected chi connectivity index (χ3v) is 8.16. The van der Waals surface area contributed by atoms with E-state index in [9.17, 15) is 8.42 Å². The minimum atomic E-state index is -3.60. The summed E-state index contributed by atoms with van der Waals surface area (Å²) in [6.45, 7) is 12.3. The average molecular weight is 303 g/mol. The third-order valence-electron chi connectivity index (χ3n) is 2.37. The van der Waals surface area contributed by atoms with Gasteiger partial charge in [-0.05, 0) is 31.8 Å². The Bertz CT molecular complexity index is 508. The first-order chi connectivity index (χ1) is 7.92. The molecule has 0 unspecified atom stereocenters. The zero-order valence-corrected chi connectivity index (χ0v) is 14.8. The minimum absolute atomic E-state index is 0.256. The van der Waals surface area contributed by atoms with Crippen LogP contribution in [0.1, 0.15) is 0 Å². The first-order valence-corrected chi connectivity index (χ1v) is 14.3. The van der Waals surface area contributed by atoms with Crippen LogP contribution in [0, 0.1) is 0 Å². The van der Waals surface area contributed by atoms with Gasteiger partial charge in [-0.1, -0.05) is 37.0 Å². The molecule has 0 aliphatic rings. The molecular weight excluding hydrogens is 280 g/mol. The van der Waals surface area contributed by atoms with Gasteiger partial charge in [0.25, 0.3) is 10.1 Å². The molecule has 0 radical (unpaired) electrons. The molecule has 1 rings (SSSR count). The van der Waals surface area contributed by atoms with E-state index in [0.717, 1.165) is 0 Å². The second-order valence-electron chi connectivity index (χ2n) is 6.42. The predicted octanol–water partition coefficient (Wildman–Crippen LogP) is 2.77. The van der Waals surface area contributed by atoms with Crippen LogP contribution in [0.15, 0.2) is 29.2 Å². The summed E-state index contributed by atoms with van der Waals surface area (Å²) < 4.78 is 29.3. The maximum Gasteiger partial charge on any atom is 0.287 e. The average Bonchev–Trinajstić information content (AvgIpc) is 2.13. The summed E-state index contributed by atoms with van der Waals surface area (Å²) >= 11 is 0. The van der Waals surface area contributed by atoms with E-state index in [1.165, 1.54) is 5.19 Å². The van der Waals surface area contributed by atoms with E-state index in [1.807, 2.05) is 31.8 Å². The van der Waals surface area contributed by atoms with Crippen LogP contribution in [0.5, 0.6) is 0 Å². The van der Waals surface area contributed by atoms with Crippen molar-refractivity contribution < 1.29 is 12.3 Å². The summed E-state index contributed by atoms with van der Waals surface area (Å²) in [7, 11) is -7.10. The van der Waals surface area contributed by atoms with Gasteiger partial charge in [-0.3, -0.25) is 0 Å². The molecule has 0 saturated carbocycles. The quantitative estimate of drug-likeness (QED) is 0.803. The smallest absolute Gasteiger partial charge is 0.287 e. The van der Waals surface area contributed by atoms with Crippen molar-refractivity contribution in [3.05, 3.63) is 24.3 Å². The summed E-state index contributed by atoms with van der Waals surface area (Å²) in [4.78, 5) is 0.256. The molecule has 0 spiro atoms. The van der Waals surface area contributed by atoms with Crippen LogP contribution < -0.4 is 5.19 Å². The Morgan fingerprint density at radius 2 is 1.33 bits per heavy atom. The highest BCUT2D eigenvalue weighted by atomic mass is 32.2. The second kappa shape index (κ2) is 4.92. The van der Waals surface area contributed by atoms with Gasteiger partial charge in [0.1, 0.15) is 0 Å². The Labute approximate surface area is 112 Å². The fraction of sp³-hybridized carbons (Fsp3) is 0.500. The summed E-state index contributed by atoms with van der Waals surface area (Å²) in [6.07, 6.45) is 0. The molecule has 102 valence electrons. The Balaban J connectivity index is 3.06. The van der Waals surface area contributed by atoms with Gasteiger partial charge < -0.3 is 3.87 Å². The van der Waals surface area contributed by atoms with Crippen molar-refractivity contribution in [1.29, 1.82) is 0 Å². The fourth-order valence-electron chi connectivity index (χ4n) is 1.50. The van der Waals surface area contributed by atoms with Gasteiger partial charge in [-0.25, -0.2) is 0 Å². The van der Waals surface area contributed by atoms with E-state index < -0.39 is 26.5 Å². The van der Waals surface area contributed by atoms with Crippen molar-refractivity contribution >= 4 is 31.7 Å². The summed E-state index contributed by atoms with van der Waals surface area (Å²) in [5.41, 5.74) is 0. The van der Waals surface area contributed by atoms with Crippen molar-refractivity contribution in [3.8, 4) is 0 Å². The Morgan fingerprint density at radius 1 is 0.889 bits per heavy atom. The SMILES string of the molecule is C[Si](C)(C)OS(=O)(=O)c1ccc([Si](C)(C)C)cc1. The third kappa shape index (κ3) is 4.34. The van der Waals surface area contributed by atoms with Gasteiger partial charge in [-0.15, -0.1) is 0 Å². The number of benzene rings is 1. The lowest BCUT2D eigenvalue weighted by molar-refractivity contribution is 0.486. The largest absolute Gasteiger partial charge is 0.312 e. The monoisotopic (exact) mass is 302 g/mol. The normalized spacial score (nSPS) is 13.7. The van der Waals surface area contributed by atoms with E-state index in [1.54, 1.807) is 12.1 Å². The van der Waals surface area contributed by atoms with E-state index in [-0.39, 0.29) is 4.90 Å². The molecule has 0 saturated heterocycles. The van der Waals surface area contributed by atoms with Gasteiger partial charge in [0.05, 0.1) is 13.0 Å². The van der Waals surface area contributed by atoms with Crippen molar-refractivity contribution in [2.45, 2.75) is 44.2 Å². The Kier molecular flexibility index (Phi) is 4.27. The Morgan fingerprint density at radius 3 is 1.67 bits per heavy atom. The van der Waals surface area contributed by atoms with Crippen molar-refractivity contribution in [1.82, 2.24) is 0 Å². The van der Waals surface area contributed by atoms with Crippen LogP contribution >= 0.6 is 0 Å². The maximum absolute atomic E-state index is 12.0. The molecule has 0 heterocycles. The molecule has 0 bridgehead atoms. The first-order valence-electron chi connectivity index (χ1n) is 5.98. The molecule has 0 N–H and O–H groups in total. The van der Waals surface area contributed by atoms with Crippen LogP contribution in [0.4, 0.5) is 0 Å². The highest BCUT2D eigenvalue weighted by Gasteiger charge is 2.26. The van der Waals surface area contributed by atoms with Crippen LogP contribution in [0.2, 0.25) is 39.3 Å². The van der Waals surface area contributed by atoms with Crippen molar-refractivity contribution in [2.24, 2.45) is 0 Å². The number of hydrogen-bond acceptors (Lipinski definition) is 3. The standard InChI is InChI=1S/C12H22O3SSi2/c1-17(2,3)12-9-7-11(8-10-12)16(13,14)15-18(4,5)6/h7-10H,1-6H3. The molecule has 0 atom stereocenters. The van der Waals surface area contributed by atoms with Crippen LogP contribution in [0.25, 0.3) is 0 Å². The summed E-state index contributed by atoms with van der Waals surface area (Å²) in [5, 5.41) is 1.24. The molecule has 1 aromatic rings. The highest BCUT2D eigenvalue weighted by Crippen LogP contribution is 2.17. The first kappa shape index (κ1) is 15.6. The number of hydrogen-bond donors (Lipinski definition) is 0. The molecule has 3 nitrogen and oxygen atoms in total. The molecular formula is C12H22O3SSi2. The van der Waals surface area contributed by atoms with Gasteiger partial charge in [0.2, 0.25) is 8.32 Å². The van der Waals surface area contributed by atoms with Crippen molar-refractivity contribution in [3.63, 3.8) is 0 Å². The zero-order chi connectivity index (χ0) is 14.2. The van der Waals surface area contributed by atoms with E-state index >= 15 is 0 Å². The van der Waals surface area contributed by atoms with Crippen LogP contribution in [-0.4, -0.2) is 24.8 Å². The van der Waals surface area contributed by atoms with Gasteiger partial charge in [-0.2, -0.15) is 8.42 Å². The molecule has 6 heteroatoms. The topological polar surface area (TPSA) is 43.4 Å². The lowest BCUT2D eigenvalue weighted by Gasteiger charge is -2.19. The fourth-order valence-corrected chi connectivity index (χ4v) is 6.15. The molecule has 1 aromatic carbocycles. The molecule has 0 aliphatic carbocycles.